The standard InChI is InChI=1S/C11H13N3O3/c1-13(2)6-8-12-9(11(16)17)10-7(15)4-3-5-14(8)10/h3-5,15H,6H2,1-2H3,(H,16,17). The second kappa shape index (κ2) is 4.06. The normalized spacial score (nSPS) is 11.2. The third-order valence-corrected chi connectivity index (χ3v) is 2.38. The molecule has 2 N–H and O–H groups in total. The second-order valence-corrected chi connectivity index (χ2v) is 4.03. The molecule has 0 radical (unpaired) electrons. The van der Waals surface area contributed by atoms with Gasteiger partial charge in [-0.1, -0.05) is 0 Å². The van der Waals surface area contributed by atoms with Crippen molar-refractivity contribution in [2.24, 2.45) is 0 Å². The fraction of sp³-hybridized carbons (Fsp3) is 0.273. The predicted molar refractivity (Wildman–Crippen MR) is 61.2 cm³/mol. The van der Waals surface area contributed by atoms with Gasteiger partial charge in [0.15, 0.2) is 5.69 Å². The van der Waals surface area contributed by atoms with E-state index in [0.29, 0.717) is 12.4 Å². The highest BCUT2D eigenvalue weighted by Gasteiger charge is 2.19. The summed E-state index contributed by atoms with van der Waals surface area (Å²) in [6.45, 7) is 0.498. The van der Waals surface area contributed by atoms with Crippen LogP contribution >= 0.6 is 0 Å². The van der Waals surface area contributed by atoms with Crippen LogP contribution in [0, 0.1) is 0 Å². The van der Waals surface area contributed by atoms with Crippen molar-refractivity contribution in [3.8, 4) is 5.75 Å². The van der Waals surface area contributed by atoms with E-state index < -0.39 is 5.97 Å². The number of imidazole rings is 1. The summed E-state index contributed by atoms with van der Waals surface area (Å²) in [6.07, 6.45) is 1.69. The minimum Gasteiger partial charge on any atom is -0.506 e. The lowest BCUT2D eigenvalue weighted by molar-refractivity contribution is 0.0692. The van der Waals surface area contributed by atoms with Gasteiger partial charge in [-0.25, -0.2) is 9.78 Å². The van der Waals surface area contributed by atoms with E-state index in [1.165, 1.54) is 6.07 Å². The molecular formula is C11H13N3O3. The number of aromatic nitrogens is 2. The second-order valence-electron chi connectivity index (χ2n) is 4.03. The van der Waals surface area contributed by atoms with Gasteiger partial charge in [-0.2, -0.15) is 0 Å². The van der Waals surface area contributed by atoms with Crippen molar-refractivity contribution in [1.29, 1.82) is 0 Å². The smallest absolute Gasteiger partial charge is 0.356 e. The zero-order valence-electron chi connectivity index (χ0n) is 9.58. The van der Waals surface area contributed by atoms with Gasteiger partial charge in [0.05, 0.1) is 6.54 Å². The molecule has 0 aromatic carbocycles. The molecule has 0 saturated heterocycles. The minimum absolute atomic E-state index is 0.0811. The highest BCUT2D eigenvalue weighted by Crippen LogP contribution is 2.23. The van der Waals surface area contributed by atoms with E-state index >= 15 is 0 Å². The number of aromatic carboxylic acids is 1. The van der Waals surface area contributed by atoms with E-state index in [1.807, 2.05) is 19.0 Å². The maximum absolute atomic E-state index is 11.1. The highest BCUT2D eigenvalue weighted by molar-refractivity contribution is 5.95. The van der Waals surface area contributed by atoms with Crippen molar-refractivity contribution >= 4 is 11.5 Å². The number of hydrogen-bond donors (Lipinski definition) is 2. The van der Waals surface area contributed by atoms with Gasteiger partial charge >= 0.3 is 5.97 Å². The molecule has 90 valence electrons. The summed E-state index contributed by atoms with van der Waals surface area (Å²) in [7, 11) is 3.73. The van der Waals surface area contributed by atoms with Crippen molar-refractivity contribution in [2.75, 3.05) is 14.1 Å². The molecule has 2 heterocycles. The van der Waals surface area contributed by atoms with E-state index in [9.17, 15) is 9.90 Å². The van der Waals surface area contributed by atoms with Crippen LogP contribution in [0.15, 0.2) is 18.3 Å². The molecule has 0 unspecified atom stereocenters. The van der Waals surface area contributed by atoms with Crippen LogP contribution in [-0.4, -0.2) is 44.6 Å². The van der Waals surface area contributed by atoms with Gasteiger partial charge in [0.25, 0.3) is 0 Å². The summed E-state index contributed by atoms with van der Waals surface area (Å²) in [4.78, 5) is 17.0. The summed E-state index contributed by atoms with van der Waals surface area (Å²) in [5, 5.41) is 18.8. The Morgan fingerprint density at radius 2 is 2.24 bits per heavy atom. The van der Waals surface area contributed by atoms with E-state index in [1.54, 1.807) is 16.7 Å². The van der Waals surface area contributed by atoms with Crippen LogP contribution in [-0.2, 0) is 6.54 Å². The number of aromatic hydroxyl groups is 1. The summed E-state index contributed by atoms with van der Waals surface area (Å²) in [5.74, 6) is -0.644. The molecule has 0 saturated carbocycles. The fourth-order valence-electron chi connectivity index (χ4n) is 1.73. The Morgan fingerprint density at radius 1 is 1.53 bits per heavy atom. The Bertz CT molecular complexity index is 575. The van der Waals surface area contributed by atoms with Crippen molar-refractivity contribution in [3.63, 3.8) is 0 Å². The zero-order valence-corrected chi connectivity index (χ0v) is 9.58. The van der Waals surface area contributed by atoms with Crippen LogP contribution in [0.5, 0.6) is 5.75 Å². The summed E-state index contributed by atoms with van der Waals surface area (Å²) in [6, 6.07) is 3.09. The molecule has 0 amide bonds. The van der Waals surface area contributed by atoms with Gasteiger partial charge in [-0.3, -0.25) is 4.40 Å². The Balaban J connectivity index is 2.71. The molecule has 0 aliphatic rings. The van der Waals surface area contributed by atoms with E-state index in [4.69, 9.17) is 5.11 Å². The average molecular weight is 235 g/mol. The summed E-state index contributed by atoms with van der Waals surface area (Å²) in [5.41, 5.74) is 0.108. The molecular weight excluding hydrogens is 222 g/mol. The van der Waals surface area contributed by atoms with Gasteiger partial charge in [0.1, 0.15) is 17.1 Å². The van der Waals surface area contributed by atoms with Crippen LogP contribution in [0.4, 0.5) is 0 Å². The number of hydrogen-bond acceptors (Lipinski definition) is 4. The number of rotatable bonds is 3. The maximum Gasteiger partial charge on any atom is 0.356 e. The summed E-state index contributed by atoms with van der Waals surface area (Å²) < 4.78 is 1.60. The van der Waals surface area contributed by atoms with Crippen LogP contribution in [0.3, 0.4) is 0 Å². The molecule has 0 bridgehead atoms. The molecule has 0 aliphatic carbocycles. The molecule has 2 aromatic rings. The number of carboxylic acid groups (broad SMARTS) is 1. The fourth-order valence-corrected chi connectivity index (χ4v) is 1.73. The summed E-state index contributed by atoms with van der Waals surface area (Å²) >= 11 is 0. The Morgan fingerprint density at radius 3 is 2.82 bits per heavy atom. The maximum atomic E-state index is 11.1. The molecule has 0 fully saturated rings. The monoisotopic (exact) mass is 235 g/mol. The highest BCUT2D eigenvalue weighted by atomic mass is 16.4. The van der Waals surface area contributed by atoms with Gasteiger partial charge in [-0.15, -0.1) is 0 Å². The first-order valence-corrected chi connectivity index (χ1v) is 5.07. The van der Waals surface area contributed by atoms with Crippen LogP contribution in [0.2, 0.25) is 0 Å². The van der Waals surface area contributed by atoms with Crippen LogP contribution in [0.1, 0.15) is 16.3 Å². The molecule has 0 atom stereocenters. The minimum atomic E-state index is -1.14. The SMILES string of the molecule is CN(C)Cc1nc(C(=O)O)c2c(O)cccn12. The topological polar surface area (TPSA) is 78.1 Å². The Kier molecular flexibility index (Phi) is 2.72. The van der Waals surface area contributed by atoms with Crippen molar-refractivity contribution in [1.82, 2.24) is 14.3 Å². The Hall–Kier alpha value is -2.08. The van der Waals surface area contributed by atoms with E-state index in [0.717, 1.165) is 0 Å². The van der Waals surface area contributed by atoms with E-state index in [-0.39, 0.29) is 17.0 Å². The van der Waals surface area contributed by atoms with Crippen LogP contribution in [0.25, 0.3) is 5.52 Å². The lowest BCUT2D eigenvalue weighted by Gasteiger charge is -2.08. The number of nitrogens with zero attached hydrogens (tertiary/aromatic N) is 3. The third kappa shape index (κ3) is 1.94. The number of pyridine rings is 1. The number of carboxylic acids is 1. The molecule has 0 spiro atoms. The van der Waals surface area contributed by atoms with Crippen molar-refractivity contribution < 1.29 is 15.0 Å². The molecule has 2 rings (SSSR count). The van der Waals surface area contributed by atoms with Crippen LogP contribution < -0.4 is 0 Å². The van der Waals surface area contributed by atoms with Crippen molar-refractivity contribution in [3.05, 3.63) is 29.8 Å². The molecule has 6 nitrogen and oxygen atoms in total. The molecule has 17 heavy (non-hydrogen) atoms. The molecule has 2 aromatic heterocycles. The first-order valence-electron chi connectivity index (χ1n) is 5.07. The Labute approximate surface area is 97.7 Å². The molecule has 6 heteroatoms. The quantitative estimate of drug-likeness (QED) is 0.822. The zero-order chi connectivity index (χ0) is 12.6. The lowest BCUT2D eigenvalue weighted by Crippen LogP contribution is -2.13. The first kappa shape index (κ1) is 11.4. The third-order valence-electron chi connectivity index (χ3n) is 2.38. The largest absolute Gasteiger partial charge is 0.506 e. The van der Waals surface area contributed by atoms with Gasteiger partial charge in [0, 0.05) is 6.20 Å². The average Bonchev–Trinajstić information content (AvgIpc) is 2.58. The van der Waals surface area contributed by atoms with Gasteiger partial charge in [0.2, 0.25) is 0 Å². The van der Waals surface area contributed by atoms with E-state index in [2.05, 4.69) is 4.98 Å². The lowest BCUT2D eigenvalue weighted by atomic mass is 10.3. The van der Waals surface area contributed by atoms with Gasteiger partial charge in [-0.05, 0) is 26.2 Å². The first-order chi connectivity index (χ1) is 8.00. The van der Waals surface area contributed by atoms with Gasteiger partial charge < -0.3 is 15.1 Å². The number of fused-ring (bicyclic) bond motifs is 1. The molecule has 0 aliphatic heterocycles. The number of carbonyl (C=O) groups is 1. The van der Waals surface area contributed by atoms with Crippen molar-refractivity contribution in [2.45, 2.75) is 6.54 Å². The predicted octanol–water partition coefficient (Wildman–Crippen LogP) is 0.800.